The Morgan fingerprint density at radius 3 is 2.39 bits per heavy atom. The van der Waals surface area contributed by atoms with Crippen LogP contribution < -0.4 is 4.74 Å². The molecule has 2 rings (SSSR count). The molecular formula is C17H26N2O4. The lowest BCUT2D eigenvalue weighted by Gasteiger charge is -2.29. The summed E-state index contributed by atoms with van der Waals surface area (Å²) in [6, 6.07) is 1.64. The third-order valence-electron chi connectivity index (χ3n) is 3.16. The maximum atomic E-state index is 11.5. The van der Waals surface area contributed by atoms with Crippen LogP contribution in [0.4, 0.5) is 4.79 Å². The van der Waals surface area contributed by atoms with Gasteiger partial charge in [0.1, 0.15) is 11.4 Å². The maximum Gasteiger partial charge on any atom is 0.410 e. The van der Waals surface area contributed by atoms with Crippen LogP contribution in [0.5, 0.6) is 5.75 Å². The molecule has 0 unspecified atom stereocenters. The van der Waals surface area contributed by atoms with Crippen LogP contribution in [-0.2, 0) is 4.74 Å². The molecule has 0 N–H and O–H groups in total. The van der Waals surface area contributed by atoms with Gasteiger partial charge in [0.15, 0.2) is 6.29 Å². The molecule has 0 spiro atoms. The molecule has 1 aromatic rings. The summed E-state index contributed by atoms with van der Waals surface area (Å²) < 4.78 is 10.1. The summed E-state index contributed by atoms with van der Waals surface area (Å²) in [7, 11) is 1.52. The molecule has 128 valence electrons. The van der Waals surface area contributed by atoms with Crippen molar-refractivity contribution in [1.29, 1.82) is 0 Å². The number of amides is 1. The number of aromatic nitrogens is 1. The molecule has 2 heterocycles. The first-order chi connectivity index (χ1) is 10.9. The van der Waals surface area contributed by atoms with E-state index in [4.69, 9.17) is 9.47 Å². The van der Waals surface area contributed by atoms with Crippen LogP contribution in [0.2, 0.25) is 0 Å². The monoisotopic (exact) mass is 322 g/mol. The molecular weight excluding hydrogens is 296 g/mol. The Balaban J connectivity index is 0.000000238. The Hall–Kier alpha value is -2.11. The minimum atomic E-state index is -0.367. The zero-order chi connectivity index (χ0) is 17.3. The third kappa shape index (κ3) is 7.13. The number of nitrogens with zero attached hydrogens (tertiary/aromatic N) is 2. The minimum absolute atomic E-state index is 0.160. The van der Waals surface area contributed by atoms with Crippen molar-refractivity contribution < 1.29 is 19.1 Å². The van der Waals surface area contributed by atoms with Crippen molar-refractivity contribution in [2.24, 2.45) is 0 Å². The molecule has 1 aromatic heterocycles. The lowest BCUT2D eigenvalue weighted by atomic mass is 10.1. The molecule has 6 heteroatoms. The highest BCUT2D eigenvalue weighted by molar-refractivity contribution is 5.78. The smallest absolute Gasteiger partial charge is 0.410 e. The number of pyridine rings is 1. The van der Waals surface area contributed by atoms with Crippen LogP contribution in [0, 0.1) is 0 Å². The summed E-state index contributed by atoms with van der Waals surface area (Å²) in [6.45, 7) is 7.41. The molecule has 0 bridgehead atoms. The number of ether oxygens (including phenoxy) is 2. The number of hydrogen-bond donors (Lipinski definition) is 0. The molecule has 6 nitrogen and oxygen atoms in total. The first-order valence-electron chi connectivity index (χ1n) is 7.78. The molecule has 0 atom stereocenters. The average molecular weight is 322 g/mol. The Labute approximate surface area is 137 Å². The number of likely N-dealkylation sites (tertiary alicyclic amines) is 1. The Bertz CT molecular complexity index is 506. The van der Waals surface area contributed by atoms with Crippen LogP contribution in [0.25, 0.3) is 0 Å². The predicted molar refractivity (Wildman–Crippen MR) is 87.8 cm³/mol. The van der Waals surface area contributed by atoms with Gasteiger partial charge in [-0.05, 0) is 46.1 Å². The number of aldehydes is 1. The van der Waals surface area contributed by atoms with E-state index in [-0.39, 0.29) is 11.7 Å². The fourth-order valence-corrected chi connectivity index (χ4v) is 2.07. The summed E-state index contributed by atoms with van der Waals surface area (Å²) in [5.41, 5.74) is 0.110. The average Bonchev–Trinajstić information content (AvgIpc) is 2.54. The Kier molecular flexibility index (Phi) is 7.51. The van der Waals surface area contributed by atoms with Crippen molar-refractivity contribution in [3.63, 3.8) is 0 Å². The second kappa shape index (κ2) is 9.12. The van der Waals surface area contributed by atoms with Crippen LogP contribution >= 0.6 is 0 Å². The van der Waals surface area contributed by atoms with Crippen molar-refractivity contribution >= 4 is 12.4 Å². The quantitative estimate of drug-likeness (QED) is 0.781. The van der Waals surface area contributed by atoms with Crippen LogP contribution in [-0.4, -0.2) is 48.1 Å². The van der Waals surface area contributed by atoms with E-state index in [1.54, 1.807) is 17.2 Å². The molecule has 23 heavy (non-hydrogen) atoms. The number of carbonyl (C=O) groups is 2. The van der Waals surface area contributed by atoms with Gasteiger partial charge in [0.05, 0.1) is 12.7 Å². The second-order valence-corrected chi connectivity index (χ2v) is 6.26. The Morgan fingerprint density at radius 1 is 1.26 bits per heavy atom. The molecule has 0 saturated carbocycles. The highest BCUT2D eigenvalue weighted by Crippen LogP contribution is 2.14. The van der Waals surface area contributed by atoms with Gasteiger partial charge in [0.25, 0.3) is 0 Å². The number of rotatable bonds is 2. The molecule has 1 aliphatic heterocycles. The van der Waals surface area contributed by atoms with E-state index in [1.807, 2.05) is 20.8 Å². The van der Waals surface area contributed by atoms with Crippen molar-refractivity contribution in [2.45, 2.75) is 45.6 Å². The summed E-state index contributed by atoms with van der Waals surface area (Å²) in [4.78, 5) is 27.3. The molecule has 1 fully saturated rings. The van der Waals surface area contributed by atoms with Crippen molar-refractivity contribution in [1.82, 2.24) is 9.88 Å². The van der Waals surface area contributed by atoms with Gasteiger partial charge < -0.3 is 14.4 Å². The first kappa shape index (κ1) is 18.9. The fourth-order valence-electron chi connectivity index (χ4n) is 2.07. The van der Waals surface area contributed by atoms with Gasteiger partial charge in [-0.2, -0.15) is 0 Å². The van der Waals surface area contributed by atoms with Crippen LogP contribution in [0.3, 0.4) is 0 Å². The fraction of sp³-hybridized carbons (Fsp3) is 0.588. The zero-order valence-corrected chi connectivity index (χ0v) is 14.4. The molecule has 1 aliphatic rings. The van der Waals surface area contributed by atoms with Crippen LogP contribution in [0.15, 0.2) is 18.5 Å². The molecule has 0 radical (unpaired) electrons. The number of hydrogen-bond acceptors (Lipinski definition) is 5. The van der Waals surface area contributed by atoms with Crippen molar-refractivity contribution in [3.05, 3.63) is 24.0 Å². The molecule has 0 aromatic carbocycles. The van der Waals surface area contributed by atoms with E-state index < -0.39 is 0 Å². The van der Waals surface area contributed by atoms with E-state index >= 15 is 0 Å². The highest BCUT2D eigenvalue weighted by atomic mass is 16.6. The normalized spacial score (nSPS) is 14.3. The van der Waals surface area contributed by atoms with Gasteiger partial charge in [0, 0.05) is 25.5 Å². The van der Waals surface area contributed by atoms with Crippen molar-refractivity contribution in [3.8, 4) is 5.75 Å². The number of methoxy groups -OCH3 is 1. The summed E-state index contributed by atoms with van der Waals surface area (Å²) >= 11 is 0. The lowest BCUT2D eigenvalue weighted by Crippen LogP contribution is -2.39. The highest BCUT2D eigenvalue weighted by Gasteiger charge is 2.22. The SMILES string of the molecule is CC(C)(C)OC(=O)N1CCCCC1.COc1ccncc1C=O. The van der Waals surface area contributed by atoms with E-state index in [9.17, 15) is 9.59 Å². The lowest BCUT2D eigenvalue weighted by molar-refractivity contribution is 0.0216. The topological polar surface area (TPSA) is 68.7 Å². The summed E-state index contributed by atoms with van der Waals surface area (Å²) in [5, 5.41) is 0. The van der Waals surface area contributed by atoms with Gasteiger partial charge in [-0.3, -0.25) is 9.78 Å². The number of carbonyl (C=O) groups excluding carboxylic acids is 2. The zero-order valence-electron chi connectivity index (χ0n) is 14.4. The molecule has 0 aliphatic carbocycles. The minimum Gasteiger partial charge on any atom is -0.496 e. The van der Waals surface area contributed by atoms with E-state index in [0.29, 0.717) is 17.6 Å². The van der Waals surface area contributed by atoms with E-state index in [1.165, 1.54) is 19.7 Å². The van der Waals surface area contributed by atoms with Crippen LogP contribution in [0.1, 0.15) is 50.4 Å². The van der Waals surface area contributed by atoms with Crippen molar-refractivity contribution in [2.75, 3.05) is 20.2 Å². The summed E-state index contributed by atoms with van der Waals surface area (Å²) in [6.07, 6.45) is 7.05. The van der Waals surface area contributed by atoms with Gasteiger partial charge >= 0.3 is 6.09 Å². The van der Waals surface area contributed by atoms with E-state index in [0.717, 1.165) is 25.9 Å². The predicted octanol–water partition coefficient (Wildman–Crippen LogP) is 3.31. The summed E-state index contributed by atoms with van der Waals surface area (Å²) in [5.74, 6) is 0.560. The second-order valence-electron chi connectivity index (χ2n) is 6.26. The standard InChI is InChI=1S/C10H19NO2.C7H7NO2/c1-10(2,3)13-9(12)11-7-5-4-6-8-11;1-10-7-2-3-8-4-6(7)5-9/h4-8H2,1-3H3;2-5H,1H3. The van der Waals surface area contributed by atoms with Gasteiger partial charge in [-0.1, -0.05) is 0 Å². The van der Waals surface area contributed by atoms with E-state index in [2.05, 4.69) is 4.98 Å². The van der Waals surface area contributed by atoms with Gasteiger partial charge in [-0.15, -0.1) is 0 Å². The number of piperidine rings is 1. The van der Waals surface area contributed by atoms with Gasteiger partial charge in [-0.25, -0.2) is 4.79 Å². The maximum absolute atomic E-state index is 11.5. The molecule has 1 amide bonds. The first-order valence-corrected chi connectivity index (χ1v) is 7.78. The van der Waals surface area contributed by atoms with Gasteiger partial charge in [0.2, 0.25) is 0 Å². The largest absolute Gasteiger partial charge is 0.496 e. The molecule has 1 saturated heterocycles. The third-order valence-corrected chi connectivity index (χ3v) is 3.16. The Morgan fingerprint density at radius 2 is 1.91 bits per heavy atom.